The number of hydrogen-bond acceptors (Lipinski definition) is 1. The largest absolute Gasteiger partial charge is 0.478 e. The molecule has 0 atom stereocenters. The van der Waals surface area contributed by atoms with Gasteiger partial charge in [0, 0.05) is 0 Å². The van der Waals surface area contributed by atoms with Gasteiger partial charge in [0.2, 0.25) is 0 Å². The van der Waals surface area contributed by atoms with Gasteiger partial charge in [-0.3, -0.25) is 0 Å². The van der Waals surface area contributed by atoms with Gasteiger partial charge in [-0.25, -0.2) is 4.79 Å². The summed E-state index contributed by atoms with van der Waals surface area (Å²) >= 11 is 0. The van der Waals surface area contributed by atoms with Crippen molar-refractivity contribution in [3.05, 3.63) is 70.8 Å². The standard InChI is InChI=1S/C21H24O2/c1-3-4-6-13-18(15-17-11-7-5-8-12-17)20-16(2)10-9-14-19(20)21(22)23/h5,7-12,14-15H,3-4,6,13H2,1-2H3,(H,22,23)/b18-15-. The minimum absolute atomic E-state index is 0.392. The Morgan fingerprint density at radius 3 is 2.43 bits per heavy atom. The molecule has 0 radical (unpaired) electrons. The summed E-state index contributed by atoms with van der Waals surface area (Å²) in [5.74, 6) is -0.863. The summed E-state index contributed by atoms with van der Waals surface area (Å²) < 4.78 is 0. The minimum atomic E-state index is -0.863. The molecule has 2 aromatic carbocycles. The zero-order chi connectivity index (χ0) is 16.7. The Bertz CT molecular complexity index is 684. The van der Waals surface area contributed by atoms with E-state index >= 15 is 0 Å². The van der Waals surface area contributed by atoms with Crippen molar-refractivity contribution in [2.45, 2.75) is 39.5 Å². The molecule has 2 nitrogen and oxygen atoms in total. The van der Waals surface area contributed by atoms with Crippen molar-refractivity contribution in [3.63, 3.8) is 0 Å². The molecule has 0 heterocycles. The summed E-state index contributed by atoms with van der Waals surface area (Å²) in [5.41, 5.74) is 4.51. The lowest BCUT2D eigenvalue weighted by Crippen LogP contribution is -2.04. The van der Waals surface area contributed by atoms with Gasteiger partial charge in [0.15, 0.2) is 0 Å². The van der Waals surface area contributed by atoms with Crippen LogP contribution in [0.2, 0.25) is 0 Å². The third-order valence-corrected chi connectivity index (χ3v) is 4.01. The van der Waals surface area contributed by atoms with Crippen LogP contribution in [0.3, 0.4) is 0 Å². The lowest BCUT2D eigenvalue weighted by molar-refractivity contribution is 0.0696. The summed E-state index contributed by atoms with van der Waals surface area (Å²) in [6.07, 6.45) is 6.40. The van der Waals surface area contributed by atoms with E-state index in [1.165, 1.54) is 0 Å². The van der Waals surface area contributed by atoms with Crippen LogP contribution in [0.4, 0.5) is 0 Å². The van der Waals surface area contributed by atoms with Gasteiger partial charge in [-0.1, -0.05) is 68.3 Å². The zero-order valence-corrected chi connectivity index (χ0v) is 13.9. The number of carbonyl (C=O) groups is 1. The van der Waals surface area contributed by atoms with E-state index in [-0.39, 0.29) is 0 Å². The quantitative estimate of drug-likeness (QED) is 0.517. The van der Waals surface area contributed by atoms with Crippen molar-refractivity contribution >= 4 is 17.6 Å². The van der Waals surface area contributed by atoms with Gasteiger partial charge < -0.3 is 5.11 Å². The van der Waals surface area contributed by atoms with E-state index in [1.54, 1.807) is 6.07 Å². The second-order valence-electron chi connectivity index (χ2n) is 5.84. The normalized spacial score (nSPS) is 11.5. The Morgan fingerprint density at radius 2 is 1.78 bits per heavy atom. The molecular weight excluding hydrogens is 284 g/mol. The van der Waals surface area contributed by atoms with Crippen molar-refractivity contribution < 1.29 is 9.90 Å². The topological polar surface area (TPSA) is 37.3 Å². The van der Waals surface area contributed by atoms with Crippen LogP contribution in [-0.2, 0) is 0 Å². The summed E-state index contributed by atoms with van der Waals surface area (Å²) in [7, 11) is 0. The first-order chi connectivity index (χ1) is 11.1. The second kappa shape index (κ2) is 8.33. The van der Waals surface area contributed by atoms with Gasteiger partial charge in [-0.15, -0.1) is 0 Å². The molecule has 0 aliphatic carbocycles. The molecule has 0 aliphatic heterocycles. The first-order valence-corrected chi connectivity index (χ1v) is 8.22. The molecule has 0 aliphatic rings. The number of hydrogen-bond donors (Lipinski definition) is 1. The zero-order valence-electron chi connectivity index (χ0n) is 13.9. The van der Waals surface area contributed by atoms with Crippen LogP contribution in [0.5, 0.6) is 0 Å². The highest BCUT2D eigenvalue weighted by Gasteiger charge is 2.15. The molecule has 0 saturated heterocycles. The monoisotopic (exact) mass is 308 g/mol. The van der Waals surface area contributed by atoms with Gasteiger partial charge in [0.1, 0.15) is 0 Å². The lowest BCUT2D eigenvalue weighted by Gasteiger charge is -2.14. The second-order valence-corrected chi connectivity index (χ2v) is 5.84. The van der Waals surface area contributed by atoms with E-state index in [0.29, 0.717) is 5.56 Å². The van der Waals surface area contributed by atoms with Crippen molar-refractivity contribution in [2.75, 3.05) is 0 Å². The summed E-state index contributed by atoms with van der Waals surface area (Å²) in [4.78, 5) is 11.6. The minimum Gasteiger partial charge on any atom is -0.478 e. The highest BCUT2D eigenvalue weighted by Crippen LogP contribution is 2.30. The van der Waals surface area contributed by atoms with E-state index in [9.17, 15) is 9.90 Å². The smallest absolute Gasteiger partial charge is 0.336 e. The van der Waals surface area contributed by atoms with Crippen molar-refractivity contribution in [1.82, 2.24) is 0 Å². The van der Waals surface area contributed by atoms with Crippen LogP contribution < -0.4 is 0 Å². The summed E-state index contributed by atoms with van der Waals surface area (Å²) in [6.45, 7) is 4.16. The summed E-state index contributed by atoms with van der Waals surface area (Å²) in [6, 6.07) is 15.6. The molecule has 2 rings (SSSR count). The lowest BCUT2D eigenvalue weighted by atomic mass is 9.90. The molecule has 0 bridgehead atoms. The number of rotatable bonds is 7. The van der Waals surface area contributed by atoms with Crippen LogP contribution in [0.25, 0.3) is 11.6 Å². The van der Waals surface area contributed by atoms with E-state index in [1.807, 2.05) is 37.3 Å². The third kappa shape index (κ3) is 4.56. The van der Waals surface area contributed by atoms with Crippen molar-refractivity contribution in [3.8, 4) is 0 Å². The molecule has 23 heavy (non-hydrogen) atoms. The Morgan fingerprint density at radius 1 is 1.04 bits per heavy atom. The Kier molecular flexibility index (Phi) is 6.16. The predicted octanol–water partition coefficient (Wildman–Crippen LogP) is 5.81. The van der Waals surface area contributed by atoms with E-state index < -0.39 is 5.97 Å². The third-order valence-electron chi connectivity index (χ3n) is 4.01. The number of carboxylic acids is 1. The fourth-order valence-electron chi connectivity index (χ4n) is 2.86. The van der Waals surface area contributed by atoms with Gasteiger partial charge in [0.05, 0.1) is 5.56 Å². The van der Waals surface area contributed by atoms with Crippen LogP contribution in [0.15, 0.2) is 48.5 Å². The van der Waals surface area contributed by atoms with Gasteiger partial charge in [-0.05, 0) is 48.1 Å². The molecule has 2 heteroatoms. The molecule has 0 amide bonds. The number of allylic oxidation sites excluding steroid dienone is 1. The van der Waals surface area contributed by atoms with Crippen LogP contribution >= 0.6 is 0 Å². The average molecular weight is 308 g/mol. The van der Waals surface area contributed by atoms with E-state index in [0.717, 1.165) is 47.9 Å². The summed E-state index contributed by atoms with van der Waals surface area (Å²) in [5, 5.41) is 9.55. The number of aryl methyl sites for hydroxylation is 1. The van der Waals surface area contributed by atoms with Crippen LogP contribution in [0, 0.1) is 6.92 Å². The molecule has 0 unspecified atom stereocenters. The number of aromatic carboxylic acids is 1. The number of unbranched alkanes of at least 4 members (excludes halogenated alkanes) is 2. The average Bonchev–Trinajstić information content (AvgIpc) is 2.55. The van der Waals surface area contributed by atoms with Gasteiger partial charge in [-0.2, -0.15) is 0 Å². The van der Waals surface area contributed by atoms with Gasteiger partial charge >= 0.3 is 5.97 Å². The first-order valence-electron chi connectivity index (χ1n) is 8.22. The molecular formula is C21H24O2. The van der Waals surface area contributed by atoms with Crippen LogP contribution in [-0.4, -0.2) is 11.1 Å². The highest BCUT2D eigenvalue weighted by atomic mass is 16.4. The molecule has 2 aromatic rings. The first kappa shape index (κ1) is 17.0. The number of carboxylic acid groups (broad SMARTS) is 1. The molecule has 0 aromatic heterocycles. The van der Waals surface area contributed by atoms with Crippen molar-refractivity contribution in [1.29, 1.82) is 0 Å². The van der Waals surface area contributed by atoms with Crippen molar-refractivity contribution in [2.24, 2.45) is 0 Å². The molecule has 120 valence electrons. The Labute approximate surface area is 138 Å². The fraction of sp³-hybridized carbons (Fsp3) is 0.286. The maximum absolute atomic E-state index is 11.6. The molecule has 0 spiro atoms. The highest BCUT2D eigenvalue weighted by molar-refractivity contribution is 5.97. The molecule has 1 N–H and O–H groups in total. The molecule has 0 fully saturated rings. The van der Waals surface area contributed by atoms with Crippen LogP contribution in [0.1, 0.15) is 59.7 Å². The maximum atomic E-state index is 11.6. The fourth-order valence-corrected chi connectivity index (χ4v) is 2.86. The maximum Gasteiger partial charge on any atom is 0.336 e. The Balaban J connectivity index is 2.50. The van der Waals surface area contributed by atoms with Gasteiger partial charge in [0.25, 0.3) is 0 Å². The Hall–Kier alpha value is -2.35. The predicted molar refractivity (Wildman–Crippen MR) is 96.6 cm³/mol. The van der Waals surface area contributed by atoms with E-state index in [4.69, 9.17) is 0 Å². The SMILES string of the molecule is CCCCC/C(=C/c1ccccc1)c1c(C)cccc1C(=O)O. The number of benzene rings is 2. The molecule has 0 saturated carbocycles. The van der Waals surface area contributed by atoms with E-state index in [2.05, 4.69) is 25.1 Å².